The van der Waals surface area contributed by atoms with Gasteiger partial charge in [0.15, 0.2) is 0 Å². The summed E-state index contributed by atoms with van der Waals surface area (Å²) in [5.41, 5.74) is 1.29. The fraction of sp³-hybridized carbons (Fsp3) is 0.429. The summed E-state index contributed by atoms with van der Waals surface area (Å²) in [6, 6.07) is 7.05. The highest BCUT2D eigenvalue weighted by atomic mass is 19.1. The molecule has 0 atom stereocenters. The Morgan fingerprint density at radius 3 is 2.71 bits per heavy atom. The normalized spacial score (nSPS) is 17.9. The lowest BCUT2D eigenvalue weighted by atomic mass is 10.2. The van der Waals surface area contributed by atoms with Gasteiger partial charge in [-0.3, -0.25) is 0 Å². The molecule has 1 saturated carbocycles. The number of hydrogen-bond donors (Lipinski definition) is 0. The first-order chi connectivity index (χ1) is 8.11. The molecule has 1 aliphatic rings. The standard InChI is InChI=1S/C14H17FN2/c1-16(2)14(6-7-14)10-17-8-5-11-3-4-12(15)9-13(11)17/h3-5,8-9H,6-7,10H2,1-2H3. The van der Waals surface area contributed by atoms with Crippen LogP contribution in [0.15, 0.2) is 30.5 Å². The Bertz CT molecular complexity index is 552. The quantitative estimate of drug-likeness (QED) is 0.790. The van der Waals surface area contributed by atoms with Gasteiger partial charge in [0.2, 0.25) is 0 Å². The lowest BCUT2D eigenvalue weighted by molar-refractivity contribution is 0.244. The molecule has 90 valence electrons. The fourth-order valence-electron chi connectivity index (χ4n) is 2.50. The molecule has 1 aromatic carbocycles. The van der Waals surface area contributed by atoms with Crippen molar-refractivity contribution in [3.05, 3.63) is 36.3 Å². The van der Waals surface area contributed by atoms with Gasteiger partial charge < -0.3 is 9.47 Å². The lowest BCUT2D eigenvalue weighted by Crippen LogP contribution is -2.34. The van der Waals surface area contributed by atoms with Gasteiger partial charge in [0.1, 0.15) is 5.82 Å². The molecule has 2 nitrogen and oxygen atoms in total. The van der Waals surface area contributed by atoms with Gasteiger partial charge in [-0.15, -0.1) is 0 Å². The molecule has 0 bridgehead atoms. The number of rotatable bonds is 3. The monoisotopic (exact) mass is 232 g/mol. The van der Waals surface area contributed by atoms with Crippen LogP contribution in [0.25, 0.3) is 10.9 Å². The number of fused-ring (bicyclic) bond motifs is 1. The summed E-state index contributed by atoms with van der Waals surface area (Å²) in [6.45, 7) is 0.951. The van der Waals surface area contributed by atoms with Crippen LogP contribution < -0.4 is 0 Å². The number of hydrogen-bond acceptors (Lipinski definition) is 1. The Morgan fingerprint density at radius 1 is 1.29 bits per heavy atom. The summed E-state index contributed by atoms with van der Waals surface area (Å²) in [4.78, 5) is 2.29. The Morgan fingerprint density at radius 2 is 2.06 bits per heavy atom. The van der Waals surface area contributed by atoms with Gasteiger partial charge in [-0.25, -0.2) is 4.39 Å². The van der Waals surface area contributed by atoms with Crippen LogP contribution in [-0.2, 0) is 6.54 Å². The van der Waals surface area contributed by atoms with Crippen molar-refractivity contribution in [1.29, 1.82) is 0 Å². The van der Waals surface area contributed by atoms with Crippen molar-refractivity contribution in [2.75, 3.05) is 14.1 Å². The minimum Gasteiger partial charge on any atom is -0.346 e. The molecule has 0 N–H and O–H groups in total. The maximum atomic E-state index is 13.3. The molecule has 1 aliphatic carbocycles. The molecule has 3 heteroatoms. The van der Waals surface area contributed by atoms with Crippen molar-refractivity contribution in [1.82, 2.24) is 9.47 Å². The Hall–Kier alpha value is -1.35. The zero-order chi connectivity index (χ0) is 12.0. The van der Waals surface area contributed by atoms with Gasteiger partial charge in [0.05, 0.1) is 5.52 Å². The maximum Gasteiger partial charge on any atom is 0.125 e. The van der Waals surface area contributed by atoms with E-state index in [1.54, 1.807) is 6.07 Å². The highest BCUT2D eigenvalue weighted by molar-refractivity contribution is 5.80. The second-order valence-corrected chi connectivity index (χ2v) is 5.27. The van der Waals surface area contributed by atoms with Crippen molar-refractivity contribution in [3.63, 3.8) is 0 Å². The highest BCUT2D eigenvalue weighted by Crippen LogP contribution is 2.42. The van der Waals surface area contributed by atoms with Crippen LogP contribution in [0.5, 0.6) is 0 Å². The maximum absolute atomic E-state index is 13.3. The summed E-state index contributed by atoms with van der Waals surface area (Å²) in [6.07, 6.45) is 4.53. The van der Waals surface area contributed by atoms with E-state index >= 15 is 0 Å². The number of halogens is 1. The molecule has 17 heavy (non-hydrogen) atoms. The highest BCUT2D eigenvalue weighted by Gasteiger charge is 2.45. The SMILES string of the molecule is CN(C)C1(Cn2ccc3ccc(F)cc32)CC1. The van der Waals surface area contributed by atoms with E-state index in [1.165, 1.54) is 18.9 Å². The predicted octanol–water partition coefficient (Wildman–Crippen LogP) is 2.87. The van der Waals surface area contributed by atoms with Crippen molar-refractivity contribution in [3.8, 4) is 0 Å². The minimum absolute atomic E-state index is 0.160. The first-order valence-corrected chi connectivity index (χ1v) is 6.03. The summed E-state index contributed by atoms with van der Waals surface area (Å²) in [7, 11) is 4.25. The van der Waals surface area contributed by atoms with Crippen molar-refractivity contribution in [2.24, 2.45) is 0 Å². The van der Waals surface area contributed by atoms with E-state index in [-0.39, 0.29) is 11.4 Å². The van der Waals surface area contributed by atoms with Crippen LogP contribution in [0, 0.1) is 5.82 Å². The van der Waals surface area contributed by atoms with E-state index in [1.807, 2.05) is 6.07 Å². The first-order valence-electron chi connectivity index (χ1n) is 6.03. The van der Waals surface area contributed by atoms with Crippen LogP contribution >= 0.6 is 0 Å². The van der Waals surface area contributed by atoms with Crippen molar-refractivity contribution < 1.29 is 4.39 Å². The third-order valence-electron chi connectivity index (χ3n) is 3.98. The largest absolute Gasteiger partial charge is 0.346 e. The summed E-state index contributed by atoms with van der Waals surface area (Å²) >= 11 is 0. The van der Waals surface area contributed by atoms with Crippen LogP contribution in [0.3, 0.4) is 0 Å². The molecule has 1 heterocycles. The molecule has 0 radical (unpaired) electrons. The van der Waals surface area contributed by atoms with Crippen molar-refractivity contribution in [2.45, 2.75) is 24.9 Å². The van der Waals surface area contributed by atoms with Gasteiger partial charge >= 0.3 is 0 Å². The summed E-state index contributed by atoms with van der Waals surface area (Å²) < 4.78 is 15.4. The van der Waals surface area contributed by atoms with E-state index in [0.717, 1.165) is 17.4 Å². The lowest BCUT2D eigenvalue weighted by Gasteiger charge is -2.24. The summed E-state index contributed by atoms with van der Waals surface area (Å²) in [5, 5.41) is 1.11. The number of benzene rings is 1. The van der Waals surface area contributed by atoms with Gasteiger partial charge in [-0.2, -0.15) is 0 Å². The molecule has 0 saturated heterocycles. The molecule has 3 rings (SSSR count). The number of likely N-dealkylation sites (N-methyl/N-ethyl adjacent to an activating group) is 1. The van der Waals surface area contributed by atoms with Crippen LogP contribution in [0.2, 0.25) is 0 Å². The van der Waals surface area contributed by atoms with Gasteiger partial charge in [-0.1, -0.05) is 0 Å². The second kappa shape index (κ2) is 3.57. The van der Waals surface area contributed by atoms with E-state index in [0.29, 0.717) is 0 Å². The van der Waals surface area contributed by atoms with Gasteiger partial charge in [0.25, 0.3) is 0 Å². The summed E-state index contributed by atoms with van der Waals surface area (Å²) in [5.74, 6) is -0.160. The van der Waals surface area contributed by atoms with E-state index in [9.17, 15) is 4.39 Å². The molecule has 0 spiro atoms. The smallest absolute Gasteiger partial charge is 0.125 e. The Labute approximate surface area is 101 Å². The Balaban J connectivity index is 1.98. The first kappa shape index (κ1) is 10.8. The Kier molecular flexibility index (Phi) is 2.26. The van der Waals surface area contributed by atoms with Crippen molar-refractivity contribution >= 4 is 10.9 Å². The fourth-order valence-corrected chi connectivity index (χ4v) is 2.50. The zero-order valence-electron chi connectivity index (χ0n) is 10.3. The van der Waals surface area contributed by atoms with Crippen LogP contribution in [0.1, 0.15) is 12.8 Å². The van der Waals surface area contributed by atoms with Crippen LogP contribution in [-0.4, -0.2) is 29.1 Å². The molecule has 2 aromatic rings. The molecule has 1 fully saturated rings. The van der Waals surface area contributed by atoms with E-state index in [4.69, 9.17) is 0 Å². The molecular weight excluding hydrogens is 215 g/mol. The zero-order valence-corrected chi connectivity index (χ0v) is 10.3. The van der Waals surface area contributed by atoms with Gasteiger partial charge in [-0.05, 0) is 56.6 Å². The topological polar surface area (TPSA) is 8.17 Å². The second-order valence-electron chi connectivity index (χ2n) is 5.27. The molecule has 0 aliphatic heterocycles. The number of nitrogens with zero attached hydrogens (tertiary/aromatic N) is 2. The molecular formula is C14H17FN2. The van der Waals surface area contributed by atoms with E-state index in [2.05, 4.69) is 35.8 Å². The minimum atomic E-state index is -0.160. The third-order valence-corrected chi connectivity index (χ3v) is 3.98. The molecule has 0 amide bonds. The average molecular weight is 232 g/mol. The van der Waals surface area contributed by atoms with Crippen LogP contribution in [0.4, 0.5) is 4.39 Å². The third kappa shape index (κ3) is 1.75. The number of aromatic nitrogens is 1. The molecule has 0 unspecified atom stereocenters. The van der Waals surface area contributed by atoms with E-state index < -0.39 is 0 Å². The van der Waals surface area contributed by atoms with Gasteiger partial charge in [0, 0.05) is 18.3 Å². The predicted molar refractivity (Wildman–Crippen MR) is 67.5 cm³/mol. The average Bonchev–Trinajstić information content (AvgIpc) is 2.97. The molecule has 1 aromatic heterocycles.